The van der Waals surface area contributed by atoms with E-state index < -0.39 is 12.0 Å². The number of fused-ring (bicyclic) bond motifs is 1. The number of hydrogen-bond donors (Lipinski definition) is 3. The molecular formula is C16H17N3O3S. The molecule has 0 aliphatic carbocycles. The molecule has 0 aliphatic rings. The number of benzene rings is 2. The Balaban J connectivity index is 1.91. The molecule has 6 nitrogen and oxygen atoms in total. The molecule has 0 radical (unpaired) electrons. The first kappa shape index (κ1) is 16.7. The van der Waals surface area contributed by atoms with Crippen molar-refractivity contribution in [1.82, 2.24) is 16.2 Å². The van der Waals surface area contributed by atoms with Crippen LogP contribution in [0.3, 0.4) is 0 Å². The number of nitrogens with one attached hydrogen (secondary N) is 3. The van der Waals surface area contributed by atoms with Gasteiger partial charge >= 0.3 is 0 Å². The first-order chi connectivity index (χ1) is 11.0. The van der Waals surface area contributed by atoms with Crippen molar-refractivity contribution in [3.63, 3.8) is 0 Å². The van der Waals surface area contributed by atoms with Crippen molar-refractivity contribution >= 4 is 39.9 Å². The number of carbonyl (C=O) groups is 2. The SMILES string of the molecule is CC(=O)NC(=S)NNC(=O)[C@H](C)Oc1ccc2ccccc2c1. The van der Waals surface area contributed by atoms with Gasteiger partial charge in [-0.25, -0.2) is 0 Å². The van der Waals surface area contributed by atoms with E-state index in [1.807, 2.05) is 42.5 Å². The van der Waals surface area contributed by atoms with Crippen LogP contribution >= 0.6 is 12.2 Å². The van der Waals surface area contributed by atoms with Crippen LogP contribution in [-0.2, 0) is 9.59 Å². The average molecular weight is 331 g/mol. The molecule has 0 heterocycles. The fraction of sp³-hybridized carbons (Fsp3) is 0.188. The summed E-state index contributed by atoms with van der Waals surface area (Å²) in [6, 6.07) is 13.5. The van der Waals surface area contributed by atoms with Crippen molar-refractivity contribution in [3.8, 4) is 5.75 Å². The normalized spacial score (nSPS) is 11.4. The number of thiocarbonyl (C=S) groups is 1. The molecule has 0 unspecified atom stereocenters. The highest BCUT2D eigenvalue weighted by molar-refractivity contribution is 7.80. The van der Waals surface area contributed by atoms with Gasteiger partial charge in [0.25, 0.3) is 5.91 Å². The monoisotopic (exact) mass is 331 g/mol. The van der Waals surface area contributed by atoms with E-state index in [0.29, 0.717) is 5.75 Å². The van der Waals surface area contributed by atoms with Gasteiger partial charge < -0.3 is 10.1 Å². The second kappa shape index (κ2) is 7.55. The molecule has 120 valence electrons. The fourth-order valence-corrected chi connectivity index (χ4v) is 2.10. The summed E-state index contributed by atoms with van der Waals surface area (Å²) in [4.78, 5) is 22.7. The maximum absolute atomic E-state index is 11.9. The van der Waals surface area contributed by atoms with Gasteiger partial charge in [-0.3, -0.25) is 20.4 Å². The summed E-state index contributed by atoms with van der Waals surface area (Å²) in [6.45, 7) is 2.94. The summed E-state index contributed by atoms with van der Waals surface area (Å²) >= 11 is 4.82. The summed E-state index contributed by atoms with van der Waals surface area (Å²) in [5.41, 5.74) is 4.81. The maximum Gasteiger partial charge on any atom is 0.279 e. The molecule has 0 spiro atoms. The Morgan fingerprint density at radius 3 is 2.48 bits per heavy atom. The molecule has 23 heavy (non-hydrogen) atoms. The highest BCUT2D eigenvalue weighted by atomic mass is 32.1. The third-order valence-corrected chi connectivity index (χ3v) is 3.20. The van der Waals surface area contributed by atoms with Crippen molar-refractivity contribution in [2.75, 3.05) is 0 Å². The molecular weight excluding hydrogens is 314 g/mol. The van der Waals surface area contributed by atoms with Gasteiger partial charge in [-0.1, -0.05) is 30.3 Å². The molecule has 3 N–H and O–H groups in total. The van der Waals surface area contributed by atoms with E-state index in [9.17, 15) is 9.59 Å². The molecule has 2 amide bonds. The average Bonchev–Trinajstić information content (AvgIpc) is 2.51. The minimum atomic E-state index is -0.733. The molecule has 0 bridgehead atoms. The van der Waals surface area contributed by atoms with Crippen LogP contribution in [0.4, 0.5) is 0 Å². The van der Waals surface area contributed by atoms with Crippen LogP contribution < -0.4 is 20.9 Å². The second-order valence-electron chi connectivity index (χ2n) is 4.89. The van der Waals surface area contributed by atoms with Gasteiger partial charge in [0.2, 0.25) is 5.91 Å². The zero-order valence-corrected chi connectivity index (χ0v) is 13.6. The summed E-state index contributed by atoms with van der Waals surface area (Å²) in [5, 5.41) is 4.48. The molecule has 0 saturated carbocycles. The lowest BCUT2D eigenvalue weighted by Gasteiger charge is -2.16. The Hall–Kier alpha value is -2.67. The zero-order valence-electron chi connectivity index (χ0n) is 12.8. The van der Waals surface area contributed by atoms with Crippen LogP contribution in [0.15, 0.2) is 42.5 Å². The van der Waals surface area contributed by atoms with Gasteiger partial charge in [0.15, 0.2) is 11.2 Å². The highest BCUT2D eigenvalue weighted by Crippen LogP contribution is 2.21. The molecule has 7 heteroatoms. The summed E-state index contributed by atoms with van der Waals surface area (Å²) < 4.78 is 5.61. The van der Waals surface area contributed by atoms with Crippen molar-refractivity contribution in [3.05, 3.63) is 42.5 Å². The molecule has 1 atom stereocenters. The zero-order chi connectivity index (χ0) is 16.8. The predicted molar refractivity (Wildman–Crippen MR) is 91.7 cm³/mol. The molecule has 2 aromatic rings. The molecule has 2 rings (SSSR count). The van der Waals surface area contributed by atoms with Gasteiger partial charge in [-0.2, -0.15) is 0 Å². The second-order valence-corrected chi connectivity index (χ2v) is 5.30. The Bertz CT molecular complexity index is 748. The van der Waals surface area contributed by atoms with Crippen molar-refractivity contribution in [2.45, 2.75) is 20.0 Å². The van der Waals surface area contributed by atoms with Gasteiger partial charge in [0, 0.05) is 6.92 Å². The van der Waals surface area contributed by atoms with Crippen LogP contribution in [0.5, 0.6) is 5.75 Å². The van der Waals surface area contributed by atoms with E-state index in [1.165, 1.54) is 6.92 Å². The molecule has 2 aromatic carbocycles. The lowest BCUT2D eigenvalue weighted by atomic mass is 10.1. The first-order valence-electron chi connectivity index (χ1n) is 6.98. The van der Waals surface area contributed by atoms with E-state index in [4.69, 9.17) is 17.0 Å². The van der Waals surface area contributed by atoms with E-state index in [1.54, 1.807) is 6.92 Å². The quantitative estimate of drug-likeness (QED) is 0.589. The Kier molecular flexibility index (Phi) is 5.48. The number of carbonyl (C=O) groups excluding carboxylic acids is 2. The lowest BCUT2D eigenvalue weighted by molar-refractivity contribution is -0.128. The number of hydrogen-bond acceptors (Lipinski definition) is 4. The standard InChI is InChI=1S/C16H17N3O3S/c1-10(15(21)18-19-16(23)17-11(2)20)22-14-8-7-12-5-3-4-6-13(12)9-14/h3-10H,1-2H3,(H,18,21)(H2,17,19,20,23)/t10-/m0/s1. The third-order valence-electron chi connectivity index (χ3n) is 2.99. The minimum absolute atomic E-state index is 0.0174. The van der Waals surface area contributed by atoms with Crippen LogP contribution in [0.25, 0.3) is 10.8 Å². The Morgan fingerprint density at radius 1 is 1.09 bits per heavy atom. The van der Waals surface area contributed by atoms with Crippen LogP contribution in [-0.4, -0.2) is 23.0 Å². The topological polar surface area (TPSA) is 79.5 Å². The van der Waals surface area contributed by atoms with E-state index in [2.05, 4.69) is 16.2 Å². The Morgan fingerprint density at radius 2 is 1.78 bits per heavy atom. The van der Waals surface area contributed by atoms with Crippen molar-refractivity contribution < 1.29 is 14.3 Å². The lowest BCUT2D eigenvalue weighted by Crippen LogP contribution is -2.51. The van der Waals surface area contributed by atoms with Gasteiger partial charge in [-0.05, 0) is 42.0 Å². The molecule has 0 fully saturated rings. The van der Waals surface area contributed by atoms with E-state index in [0.717, 1.165) is 10.8 Å². The summed E-state index contributed by atoms with van der Waals surface area (Å²) in [5.74, 6) is -0.140. The van der Waals surface area contributed by atoms with Crippen LogP contribution in [0, 0.1) is 0 Å². The van der Waals surface area contributed by atoms with Crippen LogP contribution in [0.2, 0.25) is 0 Å². The minimum Gasteiger partial charge on any atom is -0.481 e. The molecule has 0 saturated heterocycles. The first-order valence-corrected chi connectivity index (χ1v) is 7.39. The summed E-state index contributed by atoms with van der Waals surface area (Å²) in [6.07, 6.45) is -0.733. The molecule has 0 aliphatic heterocycles. The van der Waals surface area contributed by atoms with Crippen molar-refractivity contribution in [2.24, 2.45) is 0 Å². The summed E-state index contributed by atoms with van der Waals surface area (Å²) in [7, 11) is 0. The number of rotatable bonds is 3. The maximum atomic E-state index is 11.9. The number of hydrazine groups is 1. The van der Waals surface area contributed by atoms with E-state index >= 15 is 0 Å². The molecule has 0 aromatic heterocycles. The van der Waals surface area contributed by atoms with Crippen LogP contribution in [0.1, 0.15) is 13.8 Å². The van der Waals surface area contributed by atoms with Gasteiger partial charge in [-0.15, -0.1) is 0 Å². The number of ether oxygens (including phenoxy) is 1. The third kappa shape index (κ3) is 4.93. The highest BCUT2D eigenvalue weighted by Gasteiger charge is 2.15. The smallest absolute Gasteiger partial charge is 0.279 e. The fourth-order valence-electron chi connectivity index (χ4n) is 1.91. The van der Waals surface area contributed by atoms with E-state index in [-0.39, 0.29) is 11.0 Å². The number of amides is 2. The van der Waals surface area contributed by atoms with Gasteiger partial charge in [0.1, 0.15) is 5.75 Å². The van der Waals surface area contributed by atoms with Gasteiger partial charge in [0.05, 0.1) is 0 Å². The Labute approximate surface area is 139 Å². The largest absolute Gasteiger partial charge is 0.481 e. The van der Waals surface area contributed by atoms with Crippen molar-refractivity contribution in [1.29, 1.82) is 0 Å². The predicted octanol–water partition coefficient (Wildman–Crippen LogP) is 1.65.